The van der Waals surface area contributed by atoms with Crippen molar-refractivity contribution in [1.82, 2.24) is 20.5 Å². The molecule has 1 unspecified atom stereocenters. The first-order valence-corrected chi connectivity index (χ1v) is 7.80. The number of benzene rings is 1. The van der Waals surface area contributed by atoms with Crippen LogP contribution in [-0.2, 0) is 0 Å². The van der Waals surface area contributed by atoms with E-state index in [9.17, 15) is 0 Å². The van der Waals surface area contributed by atoms with E-state index < -0.39 is 0 Å². The Morgan fingerprint density at radius 2 is 2.26 bits per heavy atom. The predicted molar refractivity (Wildman–Crippen MR) is 81.5 cm³/mol. The average molecular weight is 341 g/mol. The Morgan fingerprint density at radius 1 is 1.47 bits per heavy atom. The lowest BCUT2D eigenvalue weighted by atomic mass is 10.1. The number of aromatic amines is 1. The van der Waals surface area contributed by atoms with Crippen molar-refractivity contribution >= 4 is 27.7 Å². The maximum Gasteiger partial charge on any atom is 0.213 e. The van der Waals surface area contributed by atoms with E-state index in [1.54, 1.807) is 11.8 Å². The number of aromatic nitrogens is 3. The molecule has 0 aliphatic rings. The van der Waals surface area contributed by atoms with Gasteiger partial charge in [-0.2, -0.15) is 0 Å². The number of nitrogens with zero attached hydrogens (tertiary/aromatic N) is 2. The van der Waals surface area contributed by atoms with E-state index in [-0.39, 0.29) is 0 Å². The van der Waals surface area contributed by atoms with Gasteiger partial charge in [0.05, 0.1) is 0 Å². The van der Waals surface area contributed by atoms with Crippen LogP contribution >= 0.6 is 27.7 Å². The van der Waals surface area contributed by atoms with Gasteiger partial charge in [-0.1, -0.05) is 28.9 Å². The molecule has 2 N–H and O–H groups in total. The highest BCUT2D eigenvalue weighted by molar-refractivity contribution is 9.10. The molecule has 0 bridgehead atoms. The molecule has 2 rings (SSSR count). The van der Waals surface area contributed by atoms with Crippen LogP contribution < -0.4 is 5.32 Å². The zero-order valence-corrected chi connectivity index (χ0v) is 13.6. The van der Waals surface area contributed by atoms with Gasteiger partial charge in [0, 0.05) is 15.4 Å². The number of nitrogens with one attached hydrogen (secondary N) is 2. The number of halogens is 1. The molecule has 19 heavy (non-hydrogen) atoms. The topological polar surface area (TPSA) is 53.6 Å². The van der Waals surface area contributed by atoms with Crippen LogP contribution in [-0.4, -0.2) is 21.7 Å². The molecule has 0 saturated carbocycles. The lowest BCUT2D eigenvalue weighted by Gasteiger charge is -2.15. The summed E-state index contributed by atoms with van der Waals surface area (Å²) in [5.74, 6) is 0.832. The van der Waals surface area contributed by atoms with Gasteiger partial charge in [0.1, 0.15) is 5.82 Å². The van der Waals surface area contributed by atoms with Crippen LogP contribution in [0, 0.1) is 6.92 Å². The maximum atomic E-state index is 4.29. The van der Waals surface area contributed by atoms with Crippen LogP contribution in [0.15, 0.2) is 32.7 Å². The Bertz CT molecular complexity index is 555. The minimum Gasteiger partial charge on any atom is -0.310 e. The summed E-state index contributed by atoms with van der Waals surface area (Å²) < 4.78 is 1.11. The lowest BCUT2D eigenvalue weighted by Crippen LogP contribution is -2.18. The third-order valence-electron chi connectivity index (χ3n) is 2.73. The summed E-state index contributed by atoms with van der Waals surface area (Å²) in [5.41, 5.74) is 1.26. The Balaban J connectivity index is 2.14. The first-order chi connectivity index (χ1) is 9.10. The molecule has 0 saturated heterocycles. The standard InChI is InChI=1S/C13H17BrN4S/c1-4-15-8(2)11-6-5-10(7-12(11)14)19-13-16-9(3)17-18-13/h5-8,15H,4H2,1-3H3,(H,16,17,18). The zero-order valence-electron chi connectivity index (χ0n) is 11.2. The highest BCUT2D eigenvalue weighted by atomic mass is 79.9. The fourth-order valence-corrected chi connectivity index (χ4v) is 3.48. The van der Waals surface area contributed by atoms with Crippen molar-refractivity contribution in [2.24, 2.45) is 0 Å². The van der Waals surface area contributed by atoms with Crippen molar-refractivity contribution < 1.29 is 0 Å². The molecule has 0 fully saturated rings. The fraction of sp³-hybridized carbons (Fsp3) is 0.385. The van der Waals surface area contributed by atoms with Gasteiger partial charge >= 0.3 is 0 Å². The Morgan fingerprint density at radius 3 is 2.84 bits per heavy atom. The summed E-state index contributed by atoms with van der Waals surface area (Å²) in [7, 11) is 0. The van der Waals surface area contributed by atoms with Gasteiger partial charge in [0.2, 0.25) is 5.16 Å². The molecular formula is C13H17BrN4S. The van der Waals surface area contributed by atoms with Crippen LogP contribution in [0.4, 0.5) is 0 Å². The van der Waals surface area contributed by atoms with Crippen molar-refractivity contribution in [2.45, 2.75) is 36.9 Å². The highest BCUT2D eigenvalue weighted by Crippen LogP contribution is 2.31. The van der Waals surface area contributed by atoms with Crippen LogP contribution in [0.5, 0.6) is 0 Å². The van der Waals surface area contributed by atoms with Gasteiger partial charge in [-0.15, -0.1) is 5.10 Å². The summed E-state index contributed by atoms with van der Waals surface area (Å²) in [4.78, 5) is 5.41. The van der Waals surface area contributed by atoms with Crippen molar-refractivity contribution in [3.05, 3.63) is 34.1 Å². The number of hydrogen-bond acceptors (Lipinski definition) is 4. The van der Waals surface area contributed by atoms with Crippen molar-refractivity contribution in [1.29, 1.82) is 0 Å². The van der Waals surface area contributed by atoms with Crippen LogP contribution in [0.3, 0.4) is 0 Å². The van der Waals surface area contributed by atoms with Crippen LogP contribution in [0.25, 0.3) is 0 Å². The predicted octanol–water partition coefficient (Wildman–Crippen LogP) is 3.70. The molecule has 6 heteroatoms. The Hall–Kier alpha value is -0.850. The molecule has 0 aliphatic carbocycles. The Kier molecular flexibility index (Phi) is 5.01. The smallest absolute Gasteiger partial charge is 0.213 e. The van der Waals surface area contributed by atoms with Crippen molar-refractivity contribution in [3.63, 3.8) is 0 Å². The molecule has 1 heterocycles. The fourth-order valence-electron chi connectivity index (χ4n) is 1.81. The lowest BCUT2D eigenvalue weighted by molar-refractivity contribution is 0.595. The maximum absolute atomic E-state index is 4.29. The second-order valence-corrected chi connectivity index (χ2v) is 6.16. The largest absolute Gasteiger partial charge is 0.310 e. The number of aryl methyl sites for hydroxylation is 1. The third-order valence-corrected chi connectivity index (χ3v) is 4.28. The quantitative estimate of drug-likeness (QED) is 0.871. The van der Waals surface area contributed by atoms with Gasteiger partial charge in [-0.25, -0.2) is 4.98 Å². The summed E-state index contributed by atoms with van der Waals surface area (Å²) in [6, 6.07) is 6.69. The molecule has 0 radical (unpaired) electrons. The normalized spacial score (nSPS) is 12.6. The van der Waals surface area contributed by atoms with E-state index in [4.69, 9.17) is 0 Å². The van der Waals surface area contributed by atoms with Gasteiger partial charge in [0.25, 0.3) is 0 Å². The Labute approximate surface area is 125 Å². The molecule has 4 nitrogen and oxygen atoms in total. The van der Waals surface area contributed by atoms with E-state index in [1.807, 2.05) is 6.92 Å². The second-order valence-electron chi connectivity index (χ2n) is 4.27. The molecule has 0 spiro atoms. The minimum absolute atomic E-state index is 0.337. The first kappa shape index (κ1) is 14.6. The van der Waals surface area contributed by atoms with E-state index in [0.29, 0.717) is 6.04 Å². The van der Waals surface area contributed by atoms with E-state index in [0.717, 1.165) is 26.9 Å². The van der Waals surface area contributed by atoms with Gasteiger partial charge in [-0.3, -0.25) is 5.10 Å². The molecule has 102 valence electrons. The molecular weight excluding hydrogens is 324 g/mol. The van der Waals surface area contributed by atoms with Crippen molar-refractivity contribution in [2.75, 3.05) is 6.54 Å². The molecule has 1 aromatic heterocycles. The first-order valence-electron chi connectivity index (χ1n) is 6.20. The summed E-state index contributed by atoms with van der Waals surface area (Å²) >= 11 is 5.19. The number of H-pyrrole nitrogens is 1. The average Bonchev–Trinajstić information content (AvgIpc) is 2.75. The zero-order chi connectivity index (χ0) is 13.8. The van der Waals surface area contributed by atoms with E-state index in [1.165, 1.54) is 5.56 Å². The monoisotopic (exact) mass is 340 g/mol. The third kappa shape index (κ3) is 3.81. The summed E-state index contributed by atoms with van der Waals surface area (Å²) in [5, 5.41) is 11.1. The van der Waals surface area contributed by atoms with Gasteiger partial charge < -0.3 is 5.32 Å². The van der Waals surface area contributed by atoms with Crippen LogP contribution in [0.2, 0.25) is 0 Å². The van der Waals surface area contributed by atoms with Crippen LogP contribution in [0.1, 0.15) is 31.3 Å². The highest BCUT2D eigenvalue weighted by Gasteiger charge is 2.10. The summed E-state index contributed by atoms with van der Waals surface area (Å²) in [6.07, 6.45) is 0. The van der Waals surface area contributed by atoms with Gasteiger partial charge in [0.15, 0.2) is 0 Å². The van der Waals surface area contributed by atoms with E-state index in [2.05, 4.69) is 68.5 Å². The molecule has 1 atom stereocenters. The summed E-state index contributed by atoms with van der Waals surface area (Å²) in [6.45, 7) is 7.13. The van der Waals surface area contributed by atoms with E-state index >= 15 is 0 Å². The number of rotatable bonds is 5. The molecule has 0 aliphatic heterocycles. The molecule has 0 amide bonds. The number of hydrogen-bond donors (Lipinski definition) is 2. The molecule has 1 aromatic carbocycles. The van der Waals surface area contributed by atoms with Crippen molar-refractivity contribution in [3.8, 4) is 0 Å². The second kappa shape index (κ2) is 6.54. The van der Waals surface area contributed by atoms with Gasteiger partial charge in [-0.05, 0) is 49.9 Å². The molecule has 2 aromatic rings. The minimum atomic E-state index is 0.337. The SMILES string of the molecule is CCNC(C)c1ccc(Sc2n[nH]c(C)n2)cc1Br.